The average molecular weight is 259 g/mol. The molecule has 0 aliphatic heterocycles. The predicted octanol–water partition coefficient (Wildman–Crippen LogP) is 3.68. The maximum Gasteiger partial charge on any atom is 0.316 e. The fourth-order valence-corrected chi connectivity index (χ4v) is 2.76. The van der Waals surface area contributed by atoms with Gasteiger partial charge >= 0.3 is 5.97 Å². The first kappa shape index (κ1) is 13.4. The van der Waals surface area contributed by atoms with Crippen LogP contribution in [0.1, 0.15) is 19.4 Å². The lowest BCUT2D eigenvalue weighted by atomic mass is 10.1. The molecule has 0 spiro atoms. The van der Waals surface area contributed by atoms with Crippen molar-refractivity contribution in [2.45, 2.75) is 24.9 Å². The lowest BCUT2D eigenvalue weighted by Gasteiger charge is -2.15. The van der Waals surface area contributed by atoms with E-state index < -0.39 is 5.97 Å². The van der Waals surface area contributed by atoms with E-state index in [1.54, 1.807) is 0 Å². The van der Waals surface area contributed by atoms with Gasteiger partial charge in [-0.1, -0.05) is 43.6 Å². The Labute approximate surface area is 105 Å². The van der Waals surface area contributed by atoms with Gasteiger partial charge in [-0.15, -0.1) is 11.8 Å². The second-order valence-corrected chi connectivity index (χ2v) is 5.44. The number of carboxylic acid groups (broad SMARTS) is 1. The average Bonchev–Trinajstić information content (AvgIpc) is 2.20. The second-order valence-electron chi connectivity index (χ2n) is 3.91. The van der Waals surface area contributed by atoms with Crippen LogP contribution in [-0.2, 0) is 10.5 Å². The predicted molar refractivity (Wildman–Crippen MR) is 69.0 cm³/mol. The van der Waals surface area contributed by atoms with Gasteiger partial charge in [0.05, 0.1) is 0 Å². The van der Waals surface area contributed by atoms with Crippen LogP contribution in [0.2, 0.25) is 5.02 Å². The highest BCUT2D eigenvalue weighted by Gasteiger charge is 2.21. The van der Waals surface area contributed by atoms with Crippen molar-refractivity contribution in [2.24, 2.45) is 5.92 Å². The molecule has 4 heteroatoms. The van der Waals surface area contributed by atoms with E-state index >= 15 is 0 Å². The molecule has 88 valence electrons. The lowest BCUT2D eigenvalue weighted by molar-refractivity contribution is -0.137. The van der Waals surface area contributed by atoms with E-state index in [1.807, 2.05) is 38.1 Å². The molecule has 1 N–H and O–H groups in total. The Kier molecular flexibility index (Phi) is 5.16. The van der Waals surface area contributed by atoms with Crippen LogP contribution in [0, 0.1) is 5.92 Å². The molecule has 0 aliphatic rings. The van der Waals surface area contributed by atoms with E-state index in [0.29, 0.717) is 10.8 Å². The van der Waals surface area contributed by atoms with Gasteiger partial charge in [-0.2, -0.15) is 0 Å². The molecule has 1 aromatic carbocycles. The van der Waals surface area contributed by atoms with Gasteiger partial charge in [0.1, 0.15) is 5.25 Å². The molecule has 16 heavy (non-hydrogen) atoms. The maximum absolute atomic E-state index is 11.0. The van der Waals surface area contributed by atoms with Crippen molar-refractivity contribution >= 4 is 29.3 Å². The van der Waals surface area contributed by atoms with Gasteiger partial charge in [-0.25, -0.2) is 0 Å². The Morgan fingerprint density at radius 3 is 2.56 bits per heavy atom. The summed E-state index contributed by atoms with van der Waals surface area (Å²) in [4.78, 5) is 11.0. The molecule has 1 unspecified atom stereocenters. The summed E-state index contributed by atoms with van der Waals surface area (Å²) in [6.45, 7) is 3.83. The highest BCUT2D eigenvalue weighted by molar-refractivity contribution is 7.99. The fraction of sp³-hybridized carbons (Fsp3) is 0.417. The third-order valence-corrected chi connectivity index (χ3v) is 4.18. The maximum atomic E-state index is 11.0. The molecule has 2 nitrogen and oxygen atoms in total. The Bertz CT molecular complexity index is 366. The number of hydrogen-bond acceptors (Lipinski definition) is 2. The molecule has 0 fully saturated rings. The summed E-state index contributed by atoms with van der Waals surface area (Å²) in [5.74, 6) is -0.00788. The monoisotopic (exact) mass is 258 g/mol. The Hall–Kier alpha value is -0.670. The summed E-state index contributed by atoms with van der Waals surface area (Å²) >= 11 is 7.43. The SMILES string of the molecule is CC(C)C(SCc1ccccc1Cl)C(=O)O. The van der Waals surface area contributed by atoms with Crippen molar-refractivity contribution in [2.75, 3.05) is 0 Å². The van der Waals surface area contributed by atoms with Gasteiger partial charge in [0.2, 0.25) is 0 Å². The van der Waals surface area contributed by atoms with Crippen LogP contribution in [-0.4, -0.2) is 16.3 Å². The largest absolute Gasteiger partial charge is 0.480 e. The number of carbonyl (C=O) groups is 1. The van der Waals surface area contributed by atoms with Crippen LogP contribution < -0.4 is 0 Å². The molecule has 0 aliphatic carbocycles. The van der Waals surface area contributed by atoms with E-state index in [9.17, 15) is 4.79 Å². The first-order valence-corrected chi connectivity index (χ1v) is 6.53. The van der Waals surface area contributed by atoms with Crippen molar-refractivity contribution in [3.63, 3.8) is 0 Å². The normalized spacial score (nSPS) is 12.8. The summed E-state index contributed by atoms with van der Waals surface area (Å²) in [6, 6.07) is 7.53. The van der Waals surface area contributed by atoms with Crippen molar-refractivity contribution in [1.82, 2.24) is 0 Å². The summed E-state index contributed by atoms with van der Waals surface area (Å²) in [7, 11) is 0. The van der Waals surface area contributed by atoms with Gasteiger partial charge in [0, 0.05) is 10.8 Å². The third kappa shape index (κ3) is 3.72. The van der Waals surface area contributed by atoms with Crippen LogP contribution in [0.4, 0.5) is 0 Å². The van der Waals surface area contributed by atoms with Crippen LogP contribution in [0.25, 0.3) is 0 Å². The van der Waals surface area contributed by atoms with E-state index in [4.69, 9.17) is 16.7 Å². The molecule has 0 bridgehead atoms. The van der Waals surface area contributed by atoms with E-state index in [1.165, 1.54) is 11.8 Å². The molecule has 0 heterocycles. The minimum Gasteiger partial charge on any atom is -0.480 e. The summed E-state index contributed by atoms with van der Waals surface area (Å²) in [5, 5.41) is 9.36. The Morgan fingerprint density at radius 1 is 1.44 bits per heavy atom. The van der Waals surface area contributed by atoms with Gasteiger partial charge in [0.15, 0.2) is 0 Å². The zero-order valence-electron chi connectivity index (χ0n) is 9.31. The zero-order valence-corrected chi connectivity index (χ0v) is 10.9. The van der Waals surface area contributed by atoms with Gasteiger partial charge in [-0.05, 0) is 17.5 Å². The number of thioether (sulfide) groups is 1. The lowest BCUT2D eigenvalue weighted by Crippen LogP contribution is -2.22. The standard InChI is InChI=1S/C12H15ClO2S/c1-8(2)11(12(14)15)16-7-9-5-3-4-6-10(9)13/h3-6,8,11H,7H2,1-2H3,(H,14,15). The molecule has 0 radical (unpaired) electrons. The zero-order chi connectivity index (χ0) is 12.1. The molecule has 1 atom stereocenters. The molecule has 0 aromatic heterocycles. The fourth-order valence-electron chi connectivity index (χ4n) is 1.34. The quantitative estimate of drug-likeness (QED) is 0.875. The molecule has 0 saturated heterocycles. The first-order chi connectivity index (χ1) is 7.52. The van der Waals surface area contributed by atoms with E-state index in [2.05, 4.69) is 0 Å². The van der Waals surface area contributed by atoms with Crippen LogP contribution in [0.5, 0.6) is 0 Å². The van der Waals surface area contributed by atoms with Gasteiger partial charge in [0.25, 0.3) is 0 Å². The first-order valence-electron chi connectivity index (χ1n) is 5.10. The number of benzene rings is 1. The number of halogens is 1. The van der Waals surface area contributed by atoms with Crippen LogP contribution in [0.15, 0.2) is 24.3 Å². The van der Waals surface area contributed by atoms with Crippen molar-refractivity contribution in [3.8, 4) is 0 Å². The molecule has 0 saturated carbocycles. The Morgan fingerprint density at radius 2 is 2.06 bits per heavy atom. The highest BCUT2D eigenvalue weighted by atomic mass is 35.5. The number of hydrogen-bond donors (Lipinski definition) is 1. The molecule has 1 rings (SSSR count). The second kappa shape index (κ2) is 6.16. The van der Waals surface area contributed by atoms with Crippen molar-refractivity contribution < 1.29 is 9.90 Å². The smallest absolute Gasteiger partial charge is 0.316 e. The van der Waals surface area contributed by atoms with E-state index in [0.717, 1.165) is 5.56 Å². The van der Waals surface area contributed by atoms with Crippen molar-refractivity contribution in [3.05, 3.63) is 34.9 Å². The molecular weight excluding hydrogens is 244 g/mol. The van der Waals surface area contributed by atoms with E-state index in [-0.39, 0.29) is 11.2 Å². The summed E-state index contributed by atoms with van der Waals surface area (Å²) in [5.41, 5.74) is 0.987. The topological polar surface area (TPSA) is 37.3 Å². The minimum absolute atomic E-state index is 0.116. The minimum atomic E-state index is -0.757. The Balaban J connectivity index is 2.63. The van der Waals surface area contributed by atoms with Crippen LogP contribution in [0.3, 0.4) is 0 Å². The molecular formula is C12H15ClO2S. The number of rotatable bonds is 5. The molecule has 1 aromatic rings. The van der Waals surface area contributed by atoms with Gasteiger partial charge < -0.3 is 5.11 Å². The summed E-state index contributed by atoms with van der Waals surface area (Å²) < 4.78 is 0. The summed E-state index contributed by atoms with van der Waals surface area (Å²) in [6.07, 6.45) is 0. The molecule has 0 amide bonds. The van der Waals surface area contributed by atoms with Crippen molar-refractivity contribution in [1.29, 1.82) is 0 Å². The van der Waals surface area contributed by atoms with Gasteiger partial charge in [-0.3, -0.25) is 4.79 Å². The van der Waals surface area contributed by atoms with Crippen LogP contribution >= 0.6 is 23.4 Å². The third-order valence-electron chi connectivity index (χ3n) is 2.23. The highest BCUT2D eigenvalue weighted by Crippen LogP contribution is 2.27. The number of carboxylic acids is 1. The number of aliphatic carboxylic acids is 1.